The largest absolute Gasteiger partial charge is 0.473 e. The summed E-state index contributed by atoms with van der Waals surface area (Å²) < 4.78 is 5.83. The summed E-state index contributed by atoms with van der Waals surface area (Å²) in [5, 5.41) is 0. The maximum absolute atomic E-state index is 12.9. The summed E-state index contributed by atoms with van der Waals surface area (Å²) >= 11 is 0. The molecule has 1 aromatic heterocycles. The average molecular weight is 414 g/mol. The van der Waals surface area contributed by atoms with Gasteiger partial charge >= 0.3 is 6.03 Å². The van der Waals surface area contributed by atoms with Gasteiger partial charge in [0.15, 0.2) is 0 Å². The molecule has 0 aliphatic heterocycles. The summed E-state index contributed by atoms with van der Waals surface area (Å²) in [6, 6.07) is 12.4. The molecule has 2 amide bonds. The lowest BCUT2D eigenvalue weighted by Crippen LogP contribution is -2.46. The number of anilines is 1. The van der Waals surface area contributed by atoms with E-state index < -0.39 is 0 Å². The van der Waals surface area contributed by atoms with Crippen molar-refractivity contribution < 1.29 is 9.53 Å². The Hall–Kier alpha value is -2.67. The first kappa shape index (κ1) is 23.6. The van der Waals surface area contributed by atoms with Crippen LogP contribution >= 0.6 is 0 Å². The van der Waals surface area contributed by atoms with Gasteiger partial charge < -0.3 is 9.64 Å². The van der Waals surface area contributed by atoms with Crippen molar-refractivity contribution in [3.63, 3.8) is 0 Å². The number of nitrogens with zero attached hydrogens (tertiary/aromatic N) is 5. The Bertz CT molecular complexity index is 802. The van der Waals surface area contributed by atoms with Crippen molar-refractivity contribution in [1.82, 2.24) is 19.8 Å². The van der Waals surface area contributed by atoms with E-state index in [-0.39, 0.29) is 6.03 Å². The number of amides is 2. The van der Waals surface area contributed by atoms with Crippen molar-refractivity contribution in [2.75, 3.05) is 32.1 Å². The van der Waals surface area contributed by atoms with Gasteiger partial charge in [-0.3, -0.25) is 9.80 Å². The highest BCUT2D eigenvalue weighted by molar-refractivity contribution is 5.89. The van der Waals surface area contributed by atoms with E-state index in [0.717, 1.165) is 17.8 Å². The normalized spacial score (nSPS) is 11.3. The van der Waals surface area contributed by atoms with Gasteiger partial charge in [-0.1, -0.05) is 30.3 Å². The minimum Gasteiger partial charge on any atom is -0.473 e. The molecule has 0 bridgehead atoms. The van der Waals surface area contributed by atoms with E-state index in [4.69, 9.17) is 4.74 Å². The Kier molecular flexibility index (Phi) is 8.59. The first-order valence-electron chi connectivity index (χ1n) is 10.5. The standard InChI is InChI=1S/C23H35N5O2/c1-17(2)28(18(3)4)14-13-26(6)23(29)27(7)22-24-19(5)15-21(25-22)30-16-20-11-9-8-10-12-20/h8-12,15,17-18H,13-14,16H2,1-7H3. The predicted octanol–water partition coefficient (Wildman–Crippen LogP) is 3.97. The van der Waals surface area contributed by atoms with Gasteiger partial charge in [0.25, 0.3) is 0 Å². The number of likely N-dealkylation sites (N-methyl/N-ethyl adjacent to an activating group) is 1. The Labute approximate surface area is 180 Å². The second kappa shape index (κ2) is 10.9. The van der Waals surface area contributed by atoms with Crippen LogP contribution in [0.4, 0.5) is 10.7 Å². The van der Waals surface area contributed by atoms with E-state index in [9.17, 15) is 4.79 Å². The van der Waals surface area contributed by atoms with Crippen molar-refractivity contribution in [2.45, 2.75) is 53.3 Å². The van der Waals surface area contributed by atoms with Crippen LogP contribution in [0.2, 0.25) is 0 Å². The molecule has 0 N–H and O–H groups in total. The average Bonchev–Trinajstić information content (AvgIpc) is 2.71. The molecule has 7 heteroatoms. The van der Waals surface area contributed by atoms with Crippen LogP contribution in [0.25, 0.3) is 0 Å². The third-order valence-corrected chi connectivity index (χ3v) is 4.98. The number of hydrogen-bond acceptors (Lipinski definition) is 5. The lowest BCUT2D eigenvalue weighted by Gasteiger charge is -2.32. The molecule has 1 aromatic carbocycles. The molecule has 2 aromatic rings. The number of aromatic nitrogens is 2. The molecule has 2 rings (SSSR count). The van der Waals surface area contributed by atoms with Crippen LogP contribution in [0, 0.1) is 6.92 Å². The zero-order valence-corrected chi connectivity index (χ0v) is 19.3. The topological polar surface area (TPSA) is 61.8 Å². The molecule has 0 saturated carbocycles. The van der Waals surface area contributed by atoms with Crippen molar-refractivity contribution in [3.8, 4) is 5.88 Å². The predicted molar refractivity (Wildman–Crippen MR) is 121 cm³/mol. The molecule has 0 saturated heterocycles. The monoisotopic (exact) mass is 413 g/mol. The molecule has 0 fully saturated rings. The smallest absolute Gasteiger partial charge is 0.326 e. The molecule has 0 aliphatic rings. The number of carbonyl (C=O) groups excluding carboxylic acids is 1. The van der Waals surface area contributed by atoms with Gasteiger partial charge in [-0.15, -0.1) is 0 Å². The van der Waals surface area contributed by atoms with E-state index in [2.05, 4.69) is 42.6 Å². The van der Waals surface area contributed by atoms with Gasteiger partial charge in [-0.05, 0) is 40.2 Å². The highest BCUT2D eigenvalue weighted by Crippen LogP contribution is 2.17. The minimum absolute atomic E-state index is 0.151. The van der Waals surface area contributed by atoms with Gasteiger partial charge in [0.1, 0.15) is 6.61 Å². The van der Waals surface area contributed by atoms with Crippen molar-refractivity contribution in [2.24, 2.45) is 0 Å². The SMILES string of the molecule is Cc1cc(OCc2ccccc2)nc(N(C)C(=O)N(C)CCN(C(C)C)C(C)C)n1. The summed E-state index contributed by atoms with van der Waals surface area (Å²) in [5.41, 5.74) is 1.80. The van der Waals surface area contributed by atoms with E-state index >= 15 is 0 Å². The maximum atomic E-state index is 12.9. The Morgan fingerprint density at radius 1 is 1.00 bits per heavy atom. The van der Waals surface area contributed by atoms with E-state index in [1.165, 1.54) is 4.90 Å². The number of benzene rings is 1. The number of carbonyl (C=O) groups is 1. The Morgan fingerprint density at radius 2 is 1.63 bits per heavy atom. The molecule has 0 aliphatic carbocycles. The summed E-state index contributed by atoms with van der Waals surface area (Å²) in [6.07, 6.45) is 0. The van der Waals surface area contributed by atoms with E-state index in [1.54, 1.807) is 25.1 Å². The molecule has 0 atom stereocenters. The van der Waals surface area contributed by atoms with E-state index in [0.29, 0.717) is 37.1 Å². The summed E-state index contributed by atoms with van der Waals surface area (Å²) in [4.78, 5) is 27.3. The summed E-state index contributed by atoms with van der Waals surface area (Å²) in [6.45, 7) is 12.4. The number of rotatable bonds is 9. The second-order valence-electron chi connectivity index (χ2n) is 8.11. The van der Waals surface area contributed by atoms with Crippen LogP contribution in [-0.4, -0.2) is 65.1 Å². The second-order valence-corrected chi connectivity index (χ2v) is 8.11. The van der Waals surface area contributed by atoms with Gasteiger partial charge in [0.05, 0.1) is 0 Å². The molecule has 0 radical (unpaired) electrons. The molecule has 164 valence electrons. The van der Waals surface area contributed by atoms with Crippen LogP contribution < -0.4 is 9.64 Å². The quantitative estimate of drug-likeness (QED) is 0.622. The van der Waals surface area contributed by atoms with Gasteiger partial charge in [0.2, 0.25) is 11.8 Å². The van der Waals surface area contributed by atoms with Crippen molar-refractivity contribution in [1.29, 1.82) is 0 Å². The molecule has 30 heavy (non-hydrogen) atoms. The zero-order chi connectivity index (χ0) is 22.3. The summed E-state index contributed by atoms with van der Waals surface area (Å²) in [5.74, 6) is 0.786. The van der Waals surface area contributed by atoms with Gasteiger partial charge in [-0.2, -0.15) is 4.98 Å². The van der Waals surface area contributed by atoms with Crippen molar-refractivity contribution in [3.05, 3.63) is 47.7 Å². The van der Waals surface area contributed by atoms with Crippen LogP contribution in [0.15, 0.2) is 36.4 Å². The van der Waals surface area contributed by atoms with Gasteiger partial charge in [0, 0.05) is 51.0 Å². The molecule has 7 nitrogen and oxygen atoms in total. The Morgan fingerprint density at radius 3 is 2.23 bits per heavy atom. The highest BCUT2D eigenvalue weighted by Gasteiger charge is 2.21. The zero-order valence-electron chi connectivity index (χ0n) is 19.3. The number of aryl methyl sites for hydroxylation is 1. The summed E-state index contributed by atoms with van der Waals surface area (Å²) in [7, 11) is 3.50. The molecule has 0 spiro atoms. The third-order valence-electron chi connectivity index (χ3n) is 4.98. The highest BCUT2D eigenvalue weighted by atomic mass is 16.5. The molecule has 1 heterocycles. The fourth-order valence-electron chi connectivity index (χ4n) is 3.30. The third kappa shape index (κ3) is 6.69. The fraction of sp³-hybridized carbons (Fsp3) is 0.522. The lowest BCUT2D eigenvalue weighted by atomic mass is 10.2. The van der Waals surface area contributed by atoms with Gasteiger partial charge in [-0.25, -0.2) is 9.78 Å². The molecule has 0 unspecified atom stereocenters. The van der Waals surface area contributed by atoms with Crippen LogP contribution in [0.1, 0.15) is 39.0 Å². The van der Waals surface area contributed by atoms with E-state index in [1.807, 2.05) is 37.3 Å². The number of ether oxygens (including phenoxy) is 1. The molecular formula is C23H35N5O2. The number of hydrogen-bond donors (Lipinski definition) is 0. The Balaban J connectivity index is 2.03. The first-order valence-corrected chi connectivity index (χ1v) is 10.5. The van der Waals surface area contributed by atoms with Crippen LogP contribution in [-0.2, 0) is 6.61 Å². The first-order chi connectivity index (χ1) is 14.2. The van der Waals surface area contributed by atoms with Crippen LogP contribution in [0.3, 0.4) is 0 Å². The van der Waals surface area contributed by atoms with Crippen LogP contribution in [0.5, 0.6) is 5.88 Å². The number of urea groups is 1. The minimum atomic E-state index is -0.151. The van der Waals surface area contributed by atoms with Crippen molar-refractivity contribution >= 4 is 12.0 Å². The lowest BCUT2D eigenvalue weighted by molar-refractivity contribution is 0.154. The molecular weight excluding hydrogens is 378 g/mol. The fourth-order valence-corrected chi connectivity index (χ4v) is 3.30. The maximum Gasteiger partial charge on any atom is 0.326 e.